The lowest BCUT2D eigenvalue weighted by Crippen LogP contribution is -2.50. The van der Waals surface area contributed by atoms with Crippen molar-refractivity contribution in [1.29, 1.82) is 0 Å². The van der Waals surface area contributed by atoms with Crippen molar-refractivity contribution in [3.05, 3.63) is 118 Å². The third kappa shape index (κ3) is 5.28. The molecule has 3 amide bonds. The molecule has 0 aliphatic carbocycles. The van der Waals surface area contributed by atoms with Crippen molar-refractivity contribution in [3.63, 3.8) is 0 Å². The monoisotopic (exact) mass is 539 g/mol. The lowest BCUT2D eigenvalue weighted by atomic mass is 9.80. The fraction of sp³-hybridized carbons (Fsp3) is 0.194. The average molecular weight is 540 g/mol. The van der Waals surface area contributed by atoms with Crippen molar-refractivity contribution in [2.75, 3.05) is 5.32 Å². The van der Waals surface area contributed by atoms with Crippen LogP contribution >= 0.6 is 11.3 Å². The number of thiophene rings is 1. The quantitative estimate of drug-likeness (QED) is 0.280. The van der Waals surface area contributed by atoms with Crippen LogP contribution in [0.5, 0.6) is 0 Å². The van der Waals surface area contributed by atoms with Crippen molar-refractivity contribution < 1.29 is 18.8 Å². The molecule has 8 heteroatoms. The number of benzene rings is 2. The van der Waals surface area contributed by atoms with Gasteiger partial charge in [0.05, 0.1) is 12.0 Å². The highest BCUT2D eigenvalue weighted by atomic mass is 32.1. The van der Waals surface area contributed by atoms with E-state index in [1.807, 2.05) is 66.9 Å². The van der Waals surface area contributed by atoms with Gasteiger partial charge in [0.1, 0.15) is 11.8 Å². The number of carbonyl (C=O) groups excluding carboxylic acids is 3. The lowest BCUT2D eigenvalue weighted by molar-refractivity contribution is -0.122. The van der Waals surface area contributed by atoms with Crippen LogP contribution in [0.25, 0.3) is 6.08 Å². The Morgan fingerprint density at radius 1 is 0.949 bits per heavy atom. The van der Waals surface area contributed by atoms with Crippen molar-refractivity contribution in [2.24, 2.45) is 11.7 Å². The first-order chi connectivity index (χ1) is 18.8. The molecule has 5 rings (SSSR count). The molecule has 4 atom stereocenters. The van der Waals surface area contributed by atoms with E-state index in [4.69, 9.17) is 10.2 Å². The Hall–Kier alpha value is -4.43. The van der Waals surface area contributed by atoms with E-state index in [0.29, 0.717) is 11.4 Å². The maximum absolute atomic E-state index is 14.2. The molecule has 4 unspecified atom stereocenters. The zero-order valence-corrected chi connectivity index (χ0v) is 22.4. The normalized spacial score (nSPS) is 20.8. The largest absolute Gasteiger partial charge is 0.458 e. The predicted molar refractivity (Wildman–Crippen MR) is 153 cm³/mol. The molecule has 1 aliphatic heterocycles. The van der Waals surface area contributed by atoms with Crippen LogP contribution < -0.4 is 11.1 Å². The topological polar surface area (TPSA) is 106 Å². The van der Waals surface area contributed by atoms with Gasteiger partial charge in [-0.1, -0.05) is 60.7 Å². The number of ketones is 1. The second-order valence-corrected chi connectivity index (χ2v) is 10.6. The van der Waals surface area contributed by atoms with Crippen LogP contribution in [0.3, 0.4) is 0 Å². The van der Waals surface area contributed by atoms with E-state index in [0.717, 1.165) is 16.0 Å². The molecule has 2 aromatic heterocycles. The summed E-state index contributed by atoms with van der Waals surface area (Å²) in [6.07, 6.45) is 3.68. The molecule has 1 saturated heterocycles. The number of anilines is 1. The number of hydrogen-bond donors (Lipinski definition) is 2. The van der Waals surface area contributed by atoms with E-state index in [9.17, 15) is 14.4 Å². The highest BCUT2D eigenvalue weighted by molar-refractivity contribution is 7.10. The maximum Gasteiger partial charge on any atom is 0.323 e. The van der Waals surface area contributed by atoms with Gasteiger partial charge in [0.2, 0.25) is 11.7 Å². The Balaban J connectivity index is 1.67. The molecule has 1 aliphatic rings. The van der Waals surface area contributed by atoms with Crippen molar-refractivity contribution in [1.82, 2.24) is 4.90 Å². The van der Waals surface area contributed by atoms with Gasteiger partial charge in [-0.15, -0.1) is 11.3 Å². The summed E-state index contributed by atoms with van der Waals surface area (Å²) in [7, 11) is 0. The van der Waals surface area contributed by atoms with Gasteiger partial charge < -0.3 is 20.4 Å². The van der Waals surface area contributed by atoms with Gasteiger partial charge in [-0.05, 0) is 60.7 Å². The number of para-hydroxylation sites is 1. The summed E-state index contributed by atoms with van der Waals surface area (Å²) in [4.78, 5) is 43.5. The fourth-order valence-corrected chi connectivity index (χ4v) is 6.40. The second kappa shape index (κ2) is 11.1. The van der Waals surface area contributed by atoms with Crippen molar-refractivity contribution >= 4 is 40.8 Å². The number of nitrogens with two attached hydrogens (primary N) is 1. The number of aryl methyl sites for hydroxylation is 2. The average Bonchev–Trinajstić information content (AvgIpc) is 3.64. The Bertz CT molecular complexity index is 1510. The summed E-state index contributed by atoms with van der Waals surface area (Å²) in [5, 5.41) is 4.81. The van der Waals surface area contributed by atoms with E-state index in [2.05, 4.69) is 5.32 Å². The summed E-state index contributed by atoms with van der Waals surface area (Å²) >= 11 is 1.45. The standard InChI is InChI=1S/C31H29N3O4S/c1-19-17-18-39-29(19)26-25(28(35)24-16-13-20(2)38-24)23(15-14-21-9-5-3-6-10-21)34(27(26)30(32)36)31(37)33-22-11-7-4-8-12-22/h3-18,23,25-27H,1-2H3,(H2,32,36)(H,33,37). The summed E-state index contributed by atoms with van der Waals surface area (Å²) in [6, 6.07) is 21.5. The number of nitrogens with zero attached hydrogens (tertiary/aromatic N) is 1. The molecule has 2 aromatic carbocycles. The Morgan fingerprint density at radius 2 is 1.64 bits per heavy atom. The SMILES string of the molecule is Cc1ccc(C(=O)C2C(c3sccc3C)C(C(N)=O)N(C(=O)Nc3ccccc3)C2C=Cc2ccccc2)o1. The number of rotatable bonds is 7. The molecule has 0 spiro atoms. The zero-order valence-electron chi connectivity index (χ0n) is 21.6. The third-order valence-corrected chi connectivity index (χ3v) is 8.16. The Morgan fingerprint density at radius 3 is 2.23 bits per heavy atom. The van der Waals surface area contributed by atoms with Crippen LogP contribution in [0.2, 0.25) is 0 Å². The smallest absolute Gasteiger partial charge is 0.323 e. The van der Waals surface area contributed by atoms with Gasteiger partial charge in [0, 0.05) is 16.5 Å². The van der Waals surface area contributed by atoms with Crippen LogP contribution in [0.1, 0.15) is 38.2 Å². The Labute approximate surface area is 230 Å². The summed E-state index contributed by atoms with van der Waals surface area (Å²) in [5.41, 5.74) is 8.42. The van der Waals surface area contributed by atoms with Crippen LogP contribution in [-0.2, 0) is 4.79 Å². The van der Waals surface area contributed by atoms with Gasteiger partial charge in [0.15, 0.2) is 5.76 Å². The van der Waals surface area contributed by atoms with Gasteiger partial charge in [-0.2, -0.15) is 0 Å². The number of Topliss-reactive ketones (excluding diaryl/α,β-unsaturated/α-hetero) is 1. The maximum atomic E-state index is 14.2. The first-order valence-electron chi connectivity index (χ1n) is 12.7. The van der Waals surface area contributed by atoms with Gasteiger partial charge >= 0.3 is 6.03 Å². The van der Waals surface area contributed by atoms with Crippen molar-refractivity contribution in [2.45, 2.75) is 31.8 Å². The third-order valence-electron chi connectivity index (χ3n) is 7.04. The van der Waals surface area contributed by atoms with E-state index < -0.39 is 35.9 Å². The first kappa shape index (κ1) is 26.2. The molecule has 4 aromatic rings. The number of likely N-dealkylation sites (tertiary alicyclic amines) is 1. The zero-order chi connectivity index (χ0) is 27.5. The molecule has 0 saturated carbocycles. The number of amides is 3. The first-order valence-corrected chi connectivity index (χ1v) is 13.5. The highest BCUT2D eigenvalue weighted by Crippen LogP contribution is 2.47. The molecule has 0 radical (unpaired) electrons. The lowest BCUT2D eigenvalue weighted by Gasteiger charge is -2.29. The molecule has 0 bridgehead atoms. The number of nitrogens with one attached hydrogen (secondary N) is 1. The van der Waals surface area contributed by atoms with Crippen LogP contribution in [0.15, 0.2) is 94.7 Å². The van der Waals surface area contributed by atoms with Gasteiger partial charge in [-0.3, -0.25) is 9.59 Å². The number of carbonyl (C=O) groups is 3. The van der Waals surface area contributed by atoms with Crippen LogP contribution in [-0.4, -0.2) is 34.7 Å². The molecule has 1 fully saturated rings. The second-order valence-electron chi connectivity index (χ2n) is 9.61. The molecule has 3 N–H and O–H groups in total. The van der Waals surface area contributed by atoms with E-state index in [-0.39, 0.29) is 11.5 Å². The fourth-order valence-electron chi connectivity index (χ4n) is 5.29. The van der Waals surface area contributed by atoms with Crippen LogP contribution in [0, 0.1) is 19.8 Å². The molecular weight excluding hydrogens is 510 g/mol. The predicted octanol–water partition coefficient (Wildman–Crippen LogP) is 6.02. The van der Waals surface area contributed by atoms with E-state index >= 15 is 0 Å². The van der Waals surface area contributed by atoms with E-state index in [1.165, 1.54) is 16.2 Å². The minimum Gasteiger partial charge on any atom is -0.458 e. The summed E-state index contributed by atoms with van der Waals surface area (Å²) in [5.74, 6) is -1.66. The minimum atomic E-state index is -1.07. The van der Waals surface area contributed by atoms with Gasteiger partial charge in [-0.25, -0.2) is 4.79 Å². The van der Waals surface area contributed by atoms with Gasteiger partial charge in [0.25, 0.3) is 0 Å². The molecule has 3 heterocycles. The van der Waals surface area contributed by atoms with Crippen molar-refractivity contribution in [3.8, 4) is 0 Å². The van der Waals surface area contributed by atoms with E-state index in [1.54, 1.807) is 43.3 Å². The summed E-state index contributed by atoms with van der Waals surface area (Å²) < 4.78 is 5.75. The number of primary amides is 1. The minimum absolute atomic E-state index is 0.184. The summed E-state index contributed by atoms with van der Waals surface area (Å²) in [6.45, 7) is 3.70. The Kier molecular flexibility index (Phi) is 7.47. The molecular formula is C31H29N3O4S. The highest BCUT2D eigenvalue weighted by Gasteiger charge is 2.57. The molecule has 198 valence electrons. The number of urea groups is 1. The van der Waals surface area contributed by atoms with Crippen LogP contribution in [0.4, 0.5) is 10.5 Å². The number of hydrogen-bond acceptors (Lipinski definition) is 5. The molecule has 39 heavy (non-hydrogen) atoms. The number of furan rings is 1. The molecule has 7 nitrogen and oxygen atoms in total.